The number of nitrogens with one attached hydrogen (secondary N) is 2. The van der Waals surface area contributed by atoms with Gasteiger partial charge in [-0.15, -0.1) is 0 Å². The van der Waals surface area contributed by atoms with Crippen LogP contribution in [0.3, 0.4) is 0 Å². The van der Waals surface area contributed by atoms with Crippen molar-refractivity contribution in [3.63, 3.8) is 0 Å². The predicted octanol–water partition coefficient (Wildman–Crippen LogP) is -1.01. The Labute approximate surface area is 116 Å². The van der Waals surface area contributed by atoms with Crippen LogP contribution in [0, 0.1) is 5.92 Å². The van der Waals surface area contributed by atoms with Gasteiger partial charge in [0.2, 0.25) is 17.7 Å². The van der Waals surface area contributed by atoms with Crippen LogP contribution in [0.1, 0.15) is 38.5 Å². The second kappa shape index (κ2) is 6.02. The maximum Gasteiger partial charge on any atom is 0.243 e. The van der Waals surface area contributed by atoms with E-state index in [0.29, 0.717) is 32.1 Å². The van der Waals surface area contributed by atoms with E-state index in [4.69, 9.17) is 5.73 Å². The number of carbonyl (C=O) groups is 4. The molecule has 0 aromatic heterocycles. The molecule has 1 aliphatic heterocycles. The zero-order chi connectivity index (χ0) is 14.7. The molecule has 3 amide bonds. The van der Waals surface area contributed by atoms with Crippen LogP contribution < -0.4 is 16.4 Å². The molecule has 0 unspecified atom stereocenters. The number of amides is 3. The molecule has 0 radical (unpaired) electrons. The molecule has 0 spiro atoms. The summed E-state index contributed by atoms with van der Waals surface area (Å²) in [5, 5.41) is 5.13. The lowest BCUT2D eigenvalue weighted by Crippen LogP contribution is -2.54. The molecular weight excluding hydrogens is 262 g/mol. The average Bonchev–Trinajstić information content (AvgIpc) is 2.82. The van der Waals surface area contributed by atoms with Crippen LogP contribution in [0.25, 0.3) is 0 Å². The summed E-state index contributed by atoms with van der Waals surface area (Å²) in [5.41, 5.74) is 5.33. The maximum atomic E-state index is 12.0. The minimum Gasteiger partial charge on any atom is -0.368 e. The first-order valence-corrected chi connectivity index (χ1v) is 6.88. The van der Waals surface area contributed by atoms with E-state index < -0.39 is 23.9 Å². The van der Waals surface area contributed by atoms with Gasteiger partial charge < -0.3 is 16.4 Å². The molecule has 0 bridgehead atoms. The van der Waals surface area contributed by atoms with Crippen LogP contribution >= 0.6 is 0 Å². The van der Waals surface area contributed by atoms with Crippen LogP contribution in [0.15, 0.2) is 0 Å². The van der Waals surface area contributed by atoms with E-state index in [9.17, 15) is 19.2 Å². The highest BCUT2D eigenvalue weighted by Crippen LogP contribution is 2.24. The Kier molecular flexibility index (Phi) is 4.36. The fourth-order valence-corrected chi connectivity index (χ4v) is 2.83. The number of hydrogen-bond acceptors (Lipinski definition) is 4. The van der Waals surface area contributed by atoms with E-state index in [-0.39, 0.29) is 24.0 Å². The van der Waals surface area contributed by atoms with Gasteiger partial charge in [-0.25, -0.2) is 0 Å². The zero-order valence-corrected chi connectivity index (χ0v) is 11.2. The van der Waals surface area contributed by atoms with Gasteiger partial charge in [-0.3, -0.25) is 19.2 Å². The van der Waals surface area contributed by atoms with Gasteiger partial charge in [-0.2, -0.15) is 0 Å². The molecule has 1 aliphatic carbocycles. The standard InChI is InChI=1S/C13H19N3O4/c14-12(19)11(7-2-1-3-8(17)6-7)16-13(20)9-4-5-10(18)15-9/h7,9,11H,1-6H2,(H2,14,19)(H,15,18)(H,16,20)/t7-,9+,11+/m1/s1. The Hall–Kier alpha value is -1.92. The Morgan fingerprint density at radius 1 is 1.25 bits per heavy atom. The second-order valence-electron chi connectivity index (χ2n) is 5.44. The van der Waals surface area contributed by atoms with Gasteiger partial charge in [0.25, 0.3) is 0 Å². The molecule has 2 aliphatic rings. The lowest BCUT2D eigenvalue weighted by atomic mass is 9.82. The summed E-state index contributed by atoms with van der Waals surface area (Å²) in [6, 6.07) is -1.45. The van der Waals surface area contributed by atoms with Crippen molar-refractivity contribution in [2.24, 2.45) is 11.7 Å². The van der Waals surface area contributed by atoms with Gasteiger partial charge in [0.15, 0.2) is 0 Å². The highest BCUT2D eigenvalue weighted by atomic mass is 16.2. The topological polar surface area (TPSA) is 118 Å². The van der Waals surface area contributed by atoms with E-state index in [1.54, 1.807) is 0 Å². The largest absolute Gasteiger partial charge is 0.368 e. The molecular formula is C13H19N3O4. The summed E-state index contributed by atoms with van der Waals surface area (Å²) >= 11 is 0. The van der Waals surface area contributed by atoms with Crippen molar-refractivity contribution < 1.29 is 19.2 Å². The number of hydrogen-bond donors (Lipinski definition) is 3. The molecule has 3 atom stereocenters. The summed E-state index contributed by atoms with van der Waals surface area (Å²) in [6.07, 6.45) is 2.92. The summed E-state index contributed by atoms with van der Waals surface area (Å²) in [4.78, 5) is 46.1. The Balaban J connectivity index is 1.98. The van der Waals surface area contributed by atoms with E-state index in [2.05, 4.69) is 10.6 Å². The molecule has 7 heteroatoms. The number of ketones is 1. The SMILES string of the molecule is NC(=O)[C@@H](NC(=O)[C@@H]1CCC(=O)N1)[C@@H]1CCCC(=O)C1. The zero-order valence-electron chi connectivity index (χ0n) is 11.2. The minimum atomic E-state index is -0.843. The van der Waals surface area contributed by atoms with Gasteiger partial charge in [0, 0.05) is 19.3 Å². The molecule has 4 N–H and O–H groups in total. The third-order valence-electron chi connectivity index (χ3n) is 3.91. The fourth-order valence-electron chi connectivity index (χ4n) is 2.83. The first-order chi connectivity index (χ1) is 9.47. The van der Waals surface area contributed by atoms with Crippen LogP contribution in [-0.4, -0.2) is 35.6 Å². The molecule has 7 nitrogen and oxygen atoms in total. The summed E-state index contributed by atoms with van der Waals surface area (Å²) in [5.74, 6) is -1.36. The van der Waals surface area contributed by atoms with Gasteiger partial charge >= 0.3 is 0 Å². The number of rotatable bonds is 4. The van der Waals surface area contributed by atoms with Gasteiger partial charge in [-0.05, 0) is 25.2 Å². The Bertz CT molecular complexity index is 449. The van der Waals surface area contributed by atoms with Crippen LogP contribution in [0.4, 0.5) is 0 Å². The third-order valence-corrected chi connectivity index (χ3v) is 3.91. The van der Waals surface area contributed by atoms with Crippen molar-refractivity contribution in [3.8, 4) is 0 Å². The number of Topliss-reactive ketones (excluding diaryl/α,β-unsaturated/α-hetero) is 1. The van der Waals surface area contributed by atoms with Gasteiger partial charge in [-0.1, -0.05) is 0 Å². The lowest BCUT2D eigenvalue weighted by Gasteiger charge is -2.28. The number of carbonyl (C=O) groups excluding carboxylic acids is 4. The molecule has 20 heavy (non-hydrogen) atoms. The maximum absolute atomic E-state index is 12.0. The van der Waals surface area contributed by atoms with E-state index in [0.717, 1.165) is 0 Å². The van der Waals surface area contributed by atoms with E-state index >= 15 is 0 Å². The van der Waals surface area contributed by atoms with Crippen molar-refractivity contribution in [2.75, 3.05) is 0 Å². The van der Waals surface area contributed by atoms with Gasteiger partial charge in [0.05, 0.1) is 0 Å². The molecule has 110 valence electrons. The fraction of sp³-hybridized carbons (Fsp3) is 0.692. The predicted molar refractivity (Wildman–Crippen MR) is 69.3 cm³/mol. The summed E-state index contributed by atoms with van der Waals surface area (Å²) in [7, 11) is 0. The van der Waals surface area contributed by atoms with Crippen LogP contribution in [-0.2, 0) is 19.2 Å². The van der Waals surface area contributed by atoms with Crippen molar-refractivity contribution in [2.45, 2.75) is 50.6 Å². The first kappa shape index (κ1) is 14.5. The smallest absolute Gasteiger partial charge is 0.243 e. The minimum absolute atomic E-state index is 0.0934. The molecule has 1 heterocycles. The summed E-state index contributed by atoms with van der Waals surface area (Å²) in [6.45, 7) is 0. The Morgan fingerprint density at radius 3 is 2.55 bits per heavy atom. The van der Waals surface area contributed by atoms with Crippen LogP contribution in [0.5, 0.6) is 0 Å². The number of nitrogens with two attached hydrogens (primary N) is 1. The van der Waals surface area contributed by atoms with E-state index in [1.165, 1.54) is 0 Å². The van der Waals surface area contributed by atoms with Crippen LogP contribution in [0.2, 0.25) is 0 Å². The van der Waals surface area contributed by atoms with Crippen molar-refractivity contribution in [1.82, 2.24) is 10.6 Å². The van der Waals surface area contributed by atoms with E-state index in [1.807, 2.05) is 0 Å². The number of primary amides is 1. The lowest BCUT2D eigenvalue weighted by molar-refractivity contribution is -0.131. The molecule has 1 saturated carbocycles. The highest BCUT2D eigenvalue weighted by molar-refractivity contribution is 5.94. The molecule has 0 aromatic rings. The van der Waals surface area contributed by atoms with Crippen molar-refractivity contribution in [1.29, 1.82) is 0 Å². The van der Waals surface area contributed by atoms with Crippen molar-refractivity contribution >= 4 is 23.5 Å². The average molecular weight is 281 g/mol. The van der Waals surface area contributed by atoms with Gasteiger partial charge in [0.1, 0.15) is 17.9 Å². The molecule has 2 fully saturated rings. The monoisotopic (exact) mass is 281 g/mol. The highest BCUT2D eigenvalue weighted by Gasteiger charge is 2.35. The first-order valence-electron chi connectivity index (χ1n) is 6.88. The third kappa shape index (κ3) is 3.34. The molecule has 0 aromatic carbocycles. The Morgan fingerprint density at radius 2 is 2.00 bits per heavy atom. The van der Waals surface area contributed by atoms with Crippen molar-refractivity contribution in [3.05, 3.63) is 0 Å². The molecule has 2 rings (SSSR count). The summed E-state index contributed by atoms with van der Waals surface area (Å²) < 4.78 is 0. The normalized spacial score (nSPS) is 27.8. The molecule has 1 saturated heterocycles. The second-order valence-corrected chi connectivity index (χ2v) is 5.44. The quantitative estimate of drug-likeness (QED) is 0.612.